The first-order valence-corrected chi connectivity index (χ1v) is 12.2. The van der Waals surface area contributed by atoms with Crippen LogP contribution in [0.1, 0.15) is 51.3 Å². The van der Waals surface area contributed by atoms with E-state index < -0.39 is 30.1 Å². The summed E-state index contributed by atoms with van der Waals surface area (Å²) in [6.07, 6.45) is -0.788. The number of hydrogen-bond acceptors (Lipinski definition) is 11. The maximum atomic E-state index is 12.1. The van der Waals surface area contributed by atoms with Gasteiger partial charge in [-0.15, -0.1) is 0 Å². The minimum atomic E-state index is -1.05. The summed E-state index contributed by atoms with van der Waals surface area (Å²) in [5.41, 5.74) is 1.36. The Morgan fingerprint density at radius 1 is 0.718 bits per heavy atom. The number of rotatable bonds is 14. The van der Waals surface area contributed by atoms with Crippen molar-refractivity contribution < 1.29 is 52.3 Å². The van der Waals surface area contributed by atoms with Crippen LogP contribution in [0.25, 0.3) is 0 Å². The van der Waals surface area contributed by atoms with Crippen LogP contribution >= 0.6 is 0 Å². The quantitative estimate of drug-likeness (QED) is 0.148. The highest BCUT2D eigenvalue weighted by Gasteiger charge is 2.31. The number of ether oxygens (including phenoxy) is 7. The van der Waals surface area contributed by atoms with Crippen molar-refractivity contribution in [1.29, 1.82) is 0 Å². The van der Waals surface area contributed by atoms with E-state index >= 15 is 0 Å². The first kappa shape index (κ1) is 30.9. The van der Waals surface area contributed by atoms with Gasteiger partial charge in [0.15, 0.2) is 35.2 Å². The van der Waals surface area contributed by atoms with E-state index in [1.807, 2.05) is 6.07 Å². The fraction of sp³-hybridized carbons (Fsp3) is 0.429. The van der Waals surface area contributed by atoms with Crippen LogP contribution < -0.4 is 18.9 Å². The van der Waals surface area contributed by atoms with Gasteiger partial charge in [0.05, 0.1) is 20.8 Å². The molecule has 11 nitrogen and oxygen atoms in total. The van der Waals surface area contributed by atoms with Gasteiger partial charge in [0.2, 0.25) is 0 Å². The zero-order valence-electron chi connectivity index (χ0n) is 22.9. The maximum absolute atomic E-state index is 12.1. The Kier molecular flexibility index (Phi) is 12.1. The second kappa shape index (κ2) is 15.2. The molecule has 2 aromatic rings. The highest BCUT2D eigenvalue weighted by molar-refractivity contribution is 5.70. The lowest BCUT2D eigenvalue weighted by Crippen LogP contribution is -2.34. The Hall–Kier alpha value is -4.28. The van der Waals surface area contributed by atoms with Crippen LogP contribution in [0.2, 0.25) is 0 Å². The molecule has 0 aliphatic heterocycles. The first-order valence-electron chi connectivity index (χ1n) is 12.2. The topological polar surface area (TPSA) is 133 Å². The fourth-order valence-corrected chi connectivity index (χ4v) is 3.64. The van der Waals surface area contributed by atoms with Gasteiger partial charge in [-0.1, -0.05) is 12.1 Å². The molecule has 0 aliphatic carbocycles. The summed E-state index contributed by atoms with van der Waals surface area (Å²) in [7, 11) is 2.88. The minimum absolute atomic E-state index is 0.179. The van der Waals surface area contributed by atoms with E-state index in [1.165, 1.54) is 48.0 Å². The van der Waals surface area contributed by atoms with Crippen molar-refractivity contribution in [3.05, 3.63) is 47.5 Å². The van der Waals surface area contributed by atoms with Crippen LogP contribution in [0.15, 0.2) is 36.4 Å². The number of benzene rings is 2. The number of aryl methyl sites for hydroxylation is 1. The molecule has 0 heterocycles. The van der Waals surface area contributed by atoms with Crippen molar-refractivity contribution in [3.63, 3.8) is 0 Å². The monoisotopic (exact) mass is 546 g/mol. The van der Waals surface area contributed by atoms with Crippen molar-refractivity contribution in [3.8, 4) is 23.0 Å². The van der Waals surface area contributed by atoms with Crippen LogP contribution in [-0.2, 0) is 39.8 Å². The van der Waals surface area contributed by atoms with Gasteiger partial charge in [-0.3, -0.25) is 19.2 Å². The molecule has 212 valence electrons. The lowest BCUT2D eigenvalue weighted by Gasteiger charge is -2.28. The van der Waals surface area contributed by atoms with Crippen molar-refractivity contribution in [1.82, 2.24) is 0 Å². The zero-order chi connectivity index (χ0) is 28.9. The van der Waals surface area contributed by atoms with Crippen molar-refractivity contribution in [2.45, 2.75) is 52.7 Å². The molecule has 2 aromatic carbocycles. The van der Waals surface area contributed by atoms with E-state index in [2.05, 4.69) is 0 Å². The smallest absolute Gasteiger partial charge is 0.308 e. The van der Waals surface area contributed by atoms with E-state index in [-0.39, 0.29) is 24.1 Å². The SMILES string of the molecule is COc1cc(C(OC(C)=O)C(COC(C)=O)Oc2ccc(CCCOC(C)=O)cc2OC)ccc1OC(C)=O. The van der Waals surface area contributed by atoms with Gasteiger partial charge in [0.1, 0.15) is 6.61 Å². The molecule has 0 saturated carbocycles. The summed E-state index contributed by atoms with van der Waals surface area (Å²) in [4.78, 5) is 46.2. The summed E-state index contributed by atoms with van der Waals surface area (Å²) in [6.45, 7) is 5.15. The molecule has 0 saturated heterocycles. The number of carbonyl (C=O) groups excluding carboxylic acids is 4. The summed E-state index contributed by atoms with van der Waals surface area (Å²) in [5, 5.41) is 0. The minimum Gasteiger partial charge on any atom is -0.493 e. The second-order valence-corrected chi connectivity index (χ2v) is 8.42. The molecule has 0 fully saturated rings. The maximum Gasteiger partial charge on any atom is 0.308 e. The van der Waals surface area contributed by atoms with Gasteiger partial charge < -0.3 is 33.2 Å². The Balaban J connectivity index is 2.41. The molecule has 0 aromatic heterocycles. The molecule has 0 amide bonds. The zero-order valence-corrected chi connectivity index (χ0v) is 22.9. The molecule has 0 aliphatic rings. The largest absolute Gasteiger partial charge is 0.493 e. The number of esters is 4. The van der Waals surface area contributed by atoms with E-state index in [0.29, 0.717) is 36.5 Å². The van der Waals surface area contributed by atoms with Crippen LogP contribution in [-0.4, -0.2) is 57.4 Å². The molecule has 2 atom stereocenters. The number of methoxy groups -OCH3 is 2. The Morgan fingerprint density at radius 2 is 1.36 bits per heavy atom. The molecule has 2 rings (SSSR count). The van der Waals surface area contributed by atoms with E-state index in [9.17, 15) is 19.2 Å². The molecular weight excluding hydrogens is 512 g/mol. The lowest BCUT2D eigenvalue weighted by molar-refractivity contribution is -0.157. The Morgan fingerprint density at radius 3 is 1.95 bits per heavy atom. The third-order valence-electron chi connectivity index (χ3n) is 5.27. The summed E-state index contributed by atoms with van der Waals surface area (Å²) < 4.78 is 38.1. The van der Waals surface area contributed by atoms with E-state index in [4.69, 9.17) is 33.2 Å². The van der Waals surface area contributed by atoms with Crippen molar-refractivity contribution in [2.24, 2.45) is 0 Å². The third-order valence-corrected chi connectivity index (χ3v) is 5.27. The van der Waals surface area contributed by atoms with Crippen LogP contribution in [0, 0.1) is 0 Å². The average molecular weight is 547 g/mol. The molecule has 11 heteroatoms. The molecule has 0 spiro atoms. The fourth-order valence-electron chi connectivity index (χ4n) is 3.64. The van der Waals surface area contributed by atoms with Gasteiger partial charge in [-0.25, -0.2) is 0 Å². The molecular formula is C28H34O11. The van der Waals surface area contributed by atoms with Gasteiger partial charge >= 0.3 is 23.9 Å². The van der Waals surface area contributed by atoms with Crippen LogP contribution in [0.4, 0.5) is 0 Å². The Labute approximate surface area is 227 Å². The van der Waals surface area contributed by atoms with Crippen molar-refractivity contribution >= 4 is 23.9 Å². The second-order valence-electron chi connectivity index (χ2n) is 8.42. The molecule has 39 heavy (non-hydrogen) atoms. The molecule has 2 unspecified atom stereocenters. The van der Waals surface area contributed by atoms with Gasteiger partial charge in [0, 0.05) is 33.3 Å². The van der Waals surface area contributed by atoms with Crippen LogP contribution in [0.3, 0.4) is 0 Å². The molecule has 0 radical (unpaired) electrons. The number of hydrogen-bond donors (Lipinski definition) is 0. The van der Waals surface area contributed by atoms with E-state index in [1.54, 1.807) is 24.3 Å². The molecule has 0 N–H and O–H groups in total. The summed E-state index contributed by atoms with van der Waals surface area (Å²) in [6, 6.07) is 9.92. The first-order chi connectivity index (χ1) is 18.5. The molecule has 0 bridgehead atoms. The highest BCUT2D eigenvalue weighted by Crippen LogP contribution is 2.36. The normalized spacial score (nSPS) is 11.9. The van der Waals surface area contributed by atoms with E-state index in [0.717, 1.165) is 5.56 Å². The highest BCUT2D eigenvalue weighted by atomic mass is 16.6. The van der Waals surface area contributed by atoms with Gasteiger partial charge in [-0.05, 0) is 42.7 Å². The third kappa shape index (κ3) is 10.2. The standard InChI is InChI=1S/C28H34O11/c1-17(29)35-13-7-8-21-9-11-24(25(14-21)33-5)39-27(16-36-18(2)30)28(38-20(4)32)22-10-12-23(37-19(3)31)26(15-22)34-6/h9-12,14-15,27-28H,7-8,13,16H2,1-6H3. The summed E-state index contributed by atoms with van der Waals surface area (Å²) in [5.74, 6) is -0.902. The number of carbonyl (C=O) groups is 4. The predicted molar refractivity (Wildman–Crippen MR) is 138 cm³/mol. The van der Waals surface area contributed by atoms with Gasteiger partial charge in [0.25, 0.3) is 0 Å². The summed E-state index contributed by atoms with van der Waals surface area (Å²) >= 11 is 0. The van der Waals surface area contributed by atoms with Crippen molar-refractivity contribution in [2.75, 3.05) is 27.4 Å². The Bertz CT molecular complexity index is 1160. The average Bonchev–Trinajstić information content (AvgIpc) is 2.87. The van der Waals surface area contributed by atoms with Gasteiger partial charge in [-0.2, -0.15) is 0 Å². The lowest BCUT2D eigenvalue weighted by atomic mass is 10.0. The van der Waals surface area contributed by atoms with Crippen LogP contribution in [0.5, 0.6) is 23.0 Å². The predicted octanol–water partition coefficient (Wildman–Crippen LogP) is 3.74.